The van der Waals surface area contributed by atoms with Crippen molar-refractivity contribution in [1.82, 2.24) is 0 Å². The molecule has 8 nitrogen and oxygen atoms in total. The van der Waals surface area contributed by atoms with Crippen molar-refractivity contribution in [3.05, 3.63) is 98.0 Å². The molecule has 1 N–H and O–H groups in total. The molecular weight excluding hydrogens is 526 g/mol. The average molecular weight is 544 g/mol. The van der Waals surface area contributed by atoms with Crippen molar-refractivity contribution in [1.29, 1.82) is 0 Å². The van der Waals surface area contributed by atoms with Crippen LogP contribution in [-0.4, -0.2) is 22.6 Å². The molecule has 0 fully saturated rings. The van der Waals surface area contributed by atoms with Gasteiger partial charge in [-0.05, 0) is 59.8 Å². The molecule has 0 unspecified atom stereocenters. The first kappa shape index (κ1) is 23.4. The number of nitro groups is 1. The van der Waals surface area contributed by atoms with Crippen LogP contribution in [0.4, 0.5) is 17.1 Å². The van der Waals surface area contributed by atoms with E-state index in [0.29, 0.717) is 27.6 Å². The number of anilines is 2. The number of imide groups is 1. The Balaban J connectivity index is 1.73. The van der Waals surface area contributed by atoms with Gasteiger partial charge in [0.1, 0.15) is 0 Å². The monoisotopic (exact) mass is 543 g/mol. The molecule has 0 atom stereocenters. The highest BCUT2D eigenvalue weighted by Crippen LogP contribution is 2.43. The van der Waals surface area contributed by atoms with Crippen molar-refractivity contribution in [2.24, 2.45) is 0 Å². The van der Waals surface area contributed by atoms with E-state index in [9.17, 15) is 24.5 Å². The fourth-order valence-electron chi connectivity index (χ4n) is 4.53. The molecule has 0 saturated carbocycles. The lowest BCUT2D eigenvalue weighted by molar-refractivity contribution is -0.384. The number of nitrogens with one attached hydrogen (secondary N) is 1. The van der Waals surface area contributed by atoms with E-state index in [4.69, 9.17) is 0 Å². The number of nitro benzene ring substituents is 1. The third kappa shape index (κ3) is 3.74. The largest absolute Gasteiger partial charge is 0.326 e. The van der Waals surface area contributed by atoms with Crippen LogP contribution >= 0.6 is 15.9 Å². The van der Waals surface area contributed by atoms with Crippen LogP contribution in [0.3, 0.4) is 0 Å². The third-order valence-corrected chi connectivity index (χ3v) is 6.99. The van der Waals surface area contributed by atoms with Crippen molar-refractivity contribution in [2.75, 3.05) is 10.2 Å². The summed E-state index contributed by atoms with van der Waals surface area (Å²) in [7, 11) is 0. The zero-order chi connectivity index (χ0) is 25.7. The van der Waals surface area contributed by atoms with Crippen molar-refractivity contribution in [3.8, 4) is 11.1 Å². The van der Waals surface area contributed by atoms with E-state index < -0.39 is 16.7 Å². The molecule has 36 heavy (non-hydrogen) atoms. The number of carbonyl (C=O) groups excluding carboxylic acids is 3. The standard InChI is InChI=1S/C27H18BrN3O5/c1-14-12-16(6-11-22(14)28)24-19-4-3-5-20-25(19)21(13-23(24)31(35)36)27(34)30(26(20)33)18-9-7-17(8-10-18)29-15(2)32/h3-13H,1-2H3,(H,29,32). The van der Waals surface area contributed by atoms with Gasteiger partial charge in [0.2, 0.25) is 5.91 Å². The van der Waals surface area contributed by atoms with Crippen LogP contribution in [0, 0.1) is 17.0 Å². The van der Waals surface area contributed by atoms with Crippen LogP contribution < -0.4 is 10.2 Å². The molecule has 1 aliphatic heterocycles. The predicted molar refractivity (Wildman–Crippen MR) is 140 cm³/mol. The molecule has 0 aromatic heterocycles. The lowest BCUT2D eigenvalue weighted by Crippen LogP contribution is -2.40. The average Bonchev–Trinajstić information content (AvgIpc) is 2.84. The molecule has 9 heteroatoms. The van der Waals surface area contributed by atoms with E-state index in [2.05, 4.69) is 21.2 Å². The minimum Gasteiger partial charge on any atom is -0.326 e. The summed E-state index contributed by atoms with van der Waals surface area (Å²) in [6, 6.07) is 17.9. The van der Waals surface area contributed by atoms with E-state index in [1.54, 1.807) is 48.5 Å². The Morgan fingerprint density at radius 1 is 0.972 bits per heavy atom. The smallest absolute Gasteiger partial charge is 0.278 e. The molecule has 3 amide bonds. The van der Waals surface area contributed by atoms with Gasteiger partial charge in [0.15, 0.2) is 0 Å². The number of benzene rings is 4. The number of amides is 3. The second-order valence-corrected chi connectivity index (χ2v) is 9.30. The molecule has 0 bridgehead atoms. The molecule has 1 heterocycles. The van der Waals surface area contributed by atoms with Gasteiger partial charge in [-0.1, -0.05) is 40.2 Å². The fourth-order valence-corrected chi connectivity index (χ4v) is 4.78. The second kappa shape index (κ2) is 8.69. The van der Waals surface area contributed by atoms with Gasteiger partial charge < -0.3 is 5.32 Å². The van der Waals surface area contributed by atoms with E-state index in [1.165, 1.54) is 13.0 Å². The van der Waals surface area contributed by atoms with E-state index in [-0.39, 0.29) is 28.4 Å². The van der Waals surface area contributed by atoms with Gasteiger partial charge in [0, 0.05) is 34.1 Å². The van der Waals surface area contributed by atoms with E-state index in [1.807, 2.05) is 19.1 Å². The number of hydrogen-bond donors (Lipinski definition) is 1. The van der Waals surface area contributed by atoms with Crippen molar-refractivity contribution >= 4 is 61.5 Å². The van der Waals surface area contributed by atoms with Crippen LogP contribution in [0.15, 0.2) is 71.2 Å². The maximum absolute atomic E-state index is 13.6. The minimum atomic E-state index is -0.655. The molecule has 1 aliphatic rings. The fraction of sp³-hybridized carbons (Fsp3) is 0.0741. The highest BCUT2D eigenvalue weighted by atomic mass is 79.9. The third-order valence-electron chi connectivity index (χ3n) is 6.10. The molecule has 4 aromatic carbocycles. The molecule has 0 saturated heterocycles. The van der Waals surface area contributed by atoms with Crippen molar-refractivity contribution in [3.63, 3.8) is 0 Å². The lowest BCUT2D eigenvalue weighted by atomic mass is 9.87. The maximum atomic E-state index is 13.6. The normalized spacial score (nSPS) is 12.7. The highest BCUT2D eigenvalue weighted by Gasteiger charge is 2.37. The molecule has 0 radical (unpaired) electrons. The highest BCUT2D eigenvalue weighted by molar-refractivity contribution is 9.10. The van der Waals surface area contributed by atoms with E-state index in [0.717, 1.165) is 14.9 Å². The SMILES string of the molecule is CC(=O)Nc1ccc(N2C(=O)c3cccc4c(-c5ccc(Br)c(C)c5)c([N+](=O)[O-])cc(c34)C2=O)cc1. The Hall–Kier alpha value is -4.37. The summed E-state index contributed by atoms with van der Waals surface area (Å²) < 4.78 is 0.863. The van der Waals surface area contributed by atoms with Crippen LogP contribution in [0.1, 0.15) is 33.2 Å². The maximum Gasteiger partial charge on any atom is 0.278 e. The first-order chi connectivity index (χ1) is 17.2. The Kier molecular flexibility index (Phi) is 5.64. The van der Waals surface area contributed by atoms with Gasteiger partial charge in [-0.3, -0.25) is 24.5 Å². The van der Waals surface area contributed by atoms with Gasteiger partial charge >= 0.3 is 0 Å². The first-order valence-corrected chi connectivity index (χ1v) is 11.7. The Bertz CT molecular complexity index is 1630. The summed E-state index contributed by atoms with van der Waals surface area (Å²) in [5.74, 6) is -1.44. The zero-order valence-corrected chi connectivity index (χ0v) is 20.8. The summed E-state index contributed by atoms with van der Waals surface area (Å²) in [5, 5.41) is 15.7. The van der Waals surface area contributed by atoms with Crippen LogP contribution in [0.2, 0.25) is 0 Å². The Morgan fingerprint density at radius 2 is 1.67 bits per heavy atom. The summed E-state index contributed by atoms with van der Waals surface area (Å²) in [5.41, 5.74) is 2.79. The molecule has 178 valence electrons. The number of halogens is 1. The number of rotatable bonds is 4. The number of hydrogen-bond acceptors (Lipinski definition) is 5. The second-order valence-electron chi connectivity index (χ2n) is 8.44. The summed E-state index contributed by atoms with van der Waals surface area (Å²) in [4.78, 5) is 51.1. The lowest BCUT2D eigenvalue weighted by Gasteiger charge is -2.28. The summed E-state index contributed by atoms with van der Waals surface area (Å²) in [6.45, 7) is 3.26. The van der Waals surface area contributed by atoms with Crippen LogP contribution in [-0.2, 0) is 4.79 Å². The summed E-state index contributed by atoms with van der Waals surface area (Å²) in [6.07, 6.45) is 0. The quantitative estimate of drug-likeness (QED) is 0.186. The first-order valence-electron chi connectivity index (χ1n) is 10.9. The topological polar surface area (TPSA) is 110 Å². The Morgan fingerprint density at radius 3 is 2.31 bits per heavy atom. The Labute approximate surface area is 213 Å². The number of nitrogens with zero attached hydrogens (tertiary/aromatic N) is 2. The van der Waals surface area contributed by atoms with E-state index >= 15 is 0 Å². The van der Waals surface area contributed by atoms with Gasteiger partial charge in [-0.2, -0.15) is 0 Å². The zero-order valence-electron chi connectivity index (χ0n) is 19.2. The summed E-state index contributed by atoms with van der Waals surface area (Å²) >= 11 is 3.45. The van der Waals surface area contributed by atoms with Crippen molar-refractivity contribution in [2.45, 2.75) is 13.8 Å². The van der Waals surface area contributed by atoms with Crippen molar-refractivity contribution < 1.29 is 19.3 Å². The van der Waals surface area contributed by atoms with Gasteiger partial charge in [0.25, 0.3) is 17.5 Å². The van der Waals surface area contributed by atoms with Gasteiger partial charge in [-0.15, -0.1) is 0 Å². The van der Waals surface area contributed by atoms with Gasteiger partial charge in [-0.25, -0.2) is 4.90 Å². The minimum absolute atomic E-state index is 0.0791. The predicted octanol–water partition coefficient (Wildman–Crippen LogP) is 6.24. The van der Waals surface area contributed by atoms with Crippen LogP contribution in [0.5, 0.6) is 0 Å². The molecule has 4 aromatic rings. The number of aryl methyl sites for hydroxylation is 1. The molecule has 0 aliphatic carbocycles. The van der Waals surface area contributed by atoms with Gasteiger partial charge in [0.05, 0.1) is 21.7 Å². The molecule has 0 spiro atoms. The van der Waals surface area contributed by atoms with Crippen LogP contribution in [0.25, 0.3) is 21.9 Å². The number of carbonyl (C=O) groups is 3. The molecule has 5 rings (SSSR count). The molecular formula is C27H18BrN3O5.